The first kappa shape index (κ1) is 18.2. The van der Waals surface area contributed by atoms with Crippen LogP contribution in [0.4, 0.5) is 5.69 Å². The van der Waals surface area contributed by atoms with Crippen molar-refractivity contribution in [3.8, 4) is 0 Å². The summed E-state index contributed by atoms with van der Waals surface area (Å²) in [6.45, 7) is 2.09. The molecule has 1 aliphatic rings. The van der Waals surface area contributed by atoms with Crippen LogP contribution in [0.3, 0.4) is 0 Å². The van der Waals surface area contributed by atoms with E-state index in [2.05, 4.69) is 22.5 Å². The van der Waals surface area contributed by atoms with Crippen LogP contribution >= 0.6 is 0 Å². The summed E-state index contributed by atoms with van der Waals surface area (Å²) in [4.78, 5) is 30.0. The molecule has 0 saturated heterocycles. The summed E-state index contributed by atoms with van der Waals surface area (Å²) >= 11 is 0. The van der Waals surface area contributed by atoms with Gasteiger partial charge in [0, 0.05) is 17.9 Å². The Morgan fingerprint density at radius 1 is 1.07 bits per heavy atom. The number of rotatable bonds is 5. The summed E-state index contributed by atoms with van der Waals surface area (Å²) in [6.07, 6.45) is 6.97. The maximum atomic E-state index is 12.8. The molecule has 0 radical (unpaired) electrons. The Bertz CT molecular complexity index is 1000. The normalized spacial score (nSPS) is 14.3. The fourth-order valence-corrected chi connectivity index (χ4v) is 3.70. The van der Waals surface area contributed by atoms with Gasteiger partial charge in [0.15, 0.2) is 5.69 Å². The molecule has 0 unspecified atom stereocenters. The lowest BCUT2D eigenvalue weighted by atomic mass is 10.1. The largest absolute Gasteiger partial charge is 0.347 e. The van der Waals surface area contributed by atoms with Gasteiger partial charge in [-0.25, -0.2) is 4.98 Å². The molecule has 2 N–H and O–H groups in total. The van der Waals surface area contributed by atoms with Gasteiger partial charge in [-0.3, -0.25) is 14.0 Å². The molecule has 0 spiro atoms. The summed E-state index contributed by atoms with van der Waals surface area (Å²) in [6, 6.07) is 13.4. The Labute approximate surface area is 164 Å². The van der Waals surface area contributed by atoms with Crippen molar-refractivity contribution in [2.24, 2.45) is 0 Å². The van der Waals surface area contributed by atoms with E-state index in [9.17, 15) is 9.59 Å². The fourth-order valence-electron chi connectivity index (χ4n) is 3.70. The highest BCUT2D eigenvalue weighted by Gasteiger charge is 2.24. The van der Waals surface area contributed by atoms with Crippen LogP contribution in [0.5, 0.6) is 0 Å². The third-order valence-electron chi connectivity index (χ3n) is 5.28. The summed E-state index contributed by atoms with van der Waals surface area (Å²) in [5.41, 5.74) is 2.77. The van der Waals surface area contributed by atoms with E-state index in [1.165, 1.54) is 5.56 Å². The molecule has 28 heavy (non-hydrogen) atoms. The van der Waals surface area contributed by atoms with Gasteiger partial charge in [0.25, 0.3) is 11.8 Å². The SMILES string of the molecule is CCc1ccc(NC(=O)c2nc(C(=O)NC3CCCC3)n3ccccc23)cc1. The molecule has 6 nitrogen and oxygen atoms in total. The van der Waals surface area contributed by atoms with E-state index in [0.29, 0.717) is 11.2 Å². The third kappa shape index (κ3) is 3.63. The van der Waals surface area contributed by atoms with Gasteiger partial charge in [0.1, 0.15) is 0 Å². The number of hydrogen-bond donors (Lipinski definition) is 2. The number of amides is 2. The summed E-state index contributed by atoms with van der Waals surface area (Å²) < 4.78 is 1.68. The van der Waals surface area contributed by atoms with Gasteiger partial charge in [0.2, 0.25) is 5.82 Å². The van der Waals surface area contributed by atoms with E-state index in [1.54, 1.807) is 16.7 Å². The molecule has 0 atom stereocenters. The molecule has 1 fully saturated rings. The van der Waals surface area contributed by atoms with Crippen LogP contribution in [-0.2, 0) is 6.42 Å². The fraction of sp³-hybridized carbons (Fsp3) is 0.318. The highest BCUT2D eigenvalue weighted by molar-refractivity contribution is 6.08. The Kier molecular flexibility index (Phi) is 5.10. The minimum Gasteiger partial charge on any atom is -0.347 e. The van der Waals surface area contributed by atoms with Crippen molar-refractivity contribution in [3.63, 3.8) is 0 Å². The van der Waals surface area contributed by atoms with Gasteiger partial charge in [0.05, 0.1) is 5.52 Å². The van der Waals surface area contributed by atoms with Crippen LogP contribution in [0.1, 0.15) is 59.3 Å². The number of nitrogens with one attached hydrogen (secondary N) is 2. The third-order valence-corrected chi connectivity index (χ3v) is 5.28. The molecule has 1 aliphatic carbocycles. The molecular weight excluding hydrogens is 352 g/mol. The highest BCUT2D eigenvalue weighted by Crippen LogP contribution is 2.20. The maximum absolute atomic E-state index is 12.8. The Balaban J connectivity index is 1.61. The van der Waals surface area contributed by atoms with Crippen molar-refractivity contribution in [2.45, 2.75) is 45.1 Å². The van der Waals surface area contributed by atoms with Gasteiger partial charge in [-0.2, -0.15) is 0 Å². The number of imidazole rings is 1. The standard InChI is InChI=1S/C22H24N4O2/c1-2-15-10-12-17(13-11-15)23-21(27)19-18-9-5-6-14-26(18)20(25-19)22(28)24-16-7-3-4-8-16/h5-6,9-14,16H,2-4,7-8H2,1H3,(H,23,27)(H,24,28). The van der Waals surface area contributed by atoms with Gasteiger partial charge in [-0.1, -0.05) is 38.0 Å². The molecule has 2 amide bonds. The first-order valence-corrected chi connectivity index (χ1v) is 9.84. The number of pyridine rings is 1. The molecule has 2 heterocycles. The molecule has 144 valence electrons. The molecular formula is C22H24N4O2. The number of aryl methyl sites for hydroxylation is 1. The lowest BCUT2D eigenvalue weighted by Crippen LogP contribution is -2.33. The zero-order valence-electron chi connectivity index (χ0n) is 15.9. The molecule has 4 rings (SSSR count). The second kappa shape index (κ2) is 7.84. The quantitative estimate of drug-likeness (QED) is 0.711. The van der Waals surface area contributed by atoms with Gasteiger partial charge >= 0.3 is 0 Å². The number of carbonyl (C=O) groups excluding carboxylic acids is 2. The predicted octanol–water partition coefficient (Wildman–Crippen LogP) is 3.82. The molecule has 3 aromatic rings. The van der Waals surface area contributed by atoms with Crippen molar-refractivity contribution in [1.29, 1.82) is 0 Å². The molecule has 0 bridgehead atoms. The van der Waals surface area contributed by atoms with E-state index in [-0.39, 0.29) is 29.4 Å². The average Bonchev–Trinajstić information content (AvgIpc) is 3.36. The van der Waals surface area contributed by atoms with Crippen LogP contribution in [0, 0.1) is 0 Å². The van der Waals surface area contributed by atoms with E-state index < -0.39 is 0 Å². The van der Waals surface area contributed by atoms with Crippen molar-refractivity contribution in [3.05, 3.63) is 65.7 Å². The van der Waals surface area contributed by atoms with E-state index in [0.717, 1.165) is 32.1 Å². The van der Waals surface area contributed by atoms with Gasteiger partial charge in [-0.05, 0) is 49.1 Å². The van der Waals surface area contributed by atoms with Crippen LogP contribution in [0.15, 0.2) is 48.7 Å². The number of nitrogens with zero attached hydrogens (tertiary/aromatic N) is 2. The predicted molar refractivity (Wildman–Crippen MR) is 109 cm³/mol. The van der Waals surface area contributed by atoms with Crippen molar-refractivity contribution >= 4 is 23.0 Å². The van der Waals surface area contributed by atoms with Crippen LogP contribution in [-0.4, -0.2) is 27.2 Å². The number of anilines is 1. The van der Waals surface area contributed by atoms with Gasteiger partial charge < -0.3 is 10.6 Å². The second-order valence-electron chi connectivity index (χ2n) is 7.20. The number of fused-ring (bicyclic) bond motifs is 1. The van der Waals surface area contributed by atoms with E-state index in [4.69, 9.17) is 0 Å². The summed E-state index contributed by atoms with van der Waals surface area (Å²) in [7, 11) is 0. The minimum absolute atomic E-state index is 0.193. The summed E-state index contributed by atoms with van der Waals surface area (Å²) in [5, 5.41) is 5.93. The molecule has 0 aliphatic heterocycles. The first-order valence-electron chi connectivity index (χ1n) is 9.84. The zero-order chi connectivity index (χ0) is 19.5. The monoisotopic (exact) mass is 376 g/mol. The van der Waals surface area contributed by atoms with Crippen LogP contribution in [0.2, 0.25) is 0 Å². The Morgan fingerprint density at radius 3 is 2.54 bits per heavy atom. The molecule has 2 aromatic heterocycles. The average molecular weight is 376 g/mol. The topological polar surface area (TPSA) is 75.5 Å². The lowest BCUT2D eigenvalue weighted by molar-refractivity contribution is 0.0926. The number of benzene rings is 1. The van der Waals surface area contributed by atoms with Gasteiger partial charge in [-0.15, -0.1) is 0 Å². The smallest absolute Gasteiger partial charge is 0.287 e. The Morgan fingerprint density at radius 2 is 1.82 bits per heavy atom. The van der Waals surface area contributed by atoms with E-state index >= 15 is 0 Å². The van der Waals surface area contributed by atoms with E-state index in [1.807, 2.05) is 36.4 Å². The molecule has 1 aromatic carbocycles. The molecule has 1 saturated carbocycles. The number of carbonyl (C=O) groups is 2. The van der Waals surface area contributed by atoms with Crippen LogP contribution in [0.25, 0.3) is 5.52 Å². The number of aromatic nitrogens is 2. The highest BCUT2D eigenvalue weighted by atomic mass is 16.2. The Hall–Kier alpha value is -3.15. The maximum Gasteiger partial charge on any atom is 0.287 e. The minimum atomic E-state index is -0.326. The van der Waals surface area contributed by atoms with Crippen molar-refractivity contribution in [1.82, 2.24) is 14.7 Å². The second-order valence-corrected chi connectivity index (χ2v) is 7.20. The summed E-state index contributed by atoms with van der Waals surface area (Å²) in [5.74, 6) is -0.318. The van der Waals surface area contributed by atoms with Crippen molar-refractivity contribution < 1.29 is 9.59 Å². The number of hydrogen-bond acceptors (Lipinski definition) is 3. The molecule has 6 heteroatoms. The van der Waals surface area contributed by atoms with Crippen LogP contribution < -0.4 is 10.6 Å². The first-order chi connectivity index (χ1) is 13.7. The van der Waals surface area contributed by atoms with Crippen molar-refractivity contribution in [2.75, 3.05) is 5.32 Å². The zero-order valence-corrected chi connectivity index (χ0v) is 15.9. The lowest BCUT2D eigenvalue weighted by Gasteiger charge is -2.10.